The minimum atomic E-state index is -0.128. The molecule has 0 unspecified atom stereocenters. The average Bonchev–Trinajstić information content (AvgIpc) is 2.72. The second kappa shape index (κ2) is 6.11. The summed E-state index contributed by atoms with van der Waals surface area (Å²) in [7, 11) is 1.89. The summed E-state index contributed by atoms with van der Waals surface area (Å²) in [6, 6.07) is 7.82. The summed E-state index contributed by atoms with van der Waals surface area (Å²) >= 11 is 0. The maximum absolute atomic E-state index is 13.6. The number of nitriles is 1. The number of aromatic nitrogens is 1. The first kappa shape index (κ1) is 15.3. The van der Waals surface area contributed by atoms with E-state index in [1.165, 1.54) is 0 Å². The van der Waals surface area contributed by atoms with Crippen molar-refractivity contribution >= 4 is 0 Å². The molecule has 0 aliphatic carbocycles. The highest BCUT2D eigenvalue weighted by Gasteiger charge is 2.08. The lowest BCUT2D eigenvalue weighted by atomic mass is 10.1. The Balaban J connectivity index is 2.04. The second-order valence-corrected chi connectivity index (χ2v) is 5.46. The normalized spacial score (nSPS) is 10.7. The Labute approximate surface area is 125 Å². The average molecular weight is 285 g/mol. The number of rotatable bonds is 4. The van der Waals surface area contributed by atoms with Gasteiger partial charge < -0.3 is 9.88 Å². The van der Waals surface area contributed by atoms with E-state index in [9.17, 15) is 4.39 Å². The van der Waals surface area contributed by atoms with Crippen molar-refractivity contribution in [2.45, 2.75) is 33.9 Å². The largest absolute Gasteiger partial charge is 0.340 e. The lowest BCUT2D eigenvalue weighted by Gasteiger charge is -2.09. The molecule has 3 nitrogen and oxygen atoms in total. The van der Waals surface area contributed by atoms with Gasteiger partial charge >= 0.3 is 0 Å². The lowest BCUT2D eigenvalue weighted by molar-refractivity contribution is 0.606. The molecule has 110 valence electrons. The zero-order valence-corrected chi connectivity index (χ0v) is 12.9. The van der Waals surface area contributed by atoms with Crippen LogP contribution >= 0.6 is 0 Å². The van der Waals surface area contributed by atoms with E-state index in [4.69, 9.17) is 5.26 Å². The van der Waals surface area contributed by atoms with E-state index in [1.807, 2.05) is 36.7 Å². The fourth-order valence-electron chi connectivity index (χ4n) is 2.53. The number of nitrogens with one attached hydrogen (secondary N) is 1. The minimum Gasteiger partial charge on any atom is -0.340 e. The molecule has 0 aliphatic heterocycles. The number of hydrogen-bond donors (Lipinski definition) is 1. The van der Waals surface area contributed by atoms with Crippen LogP contribution in [0.25, 0.3) is 0 Å². The summed E-state index contributed by atoms with van der Waals surface area (Å²) in [6.45, 7) is 6.94. The number of hydrogen-bond acceptors (Lipinski definition) is 2. The first-order valence-electron chi connectivity index (χ1n) is 6.95. The topological polar surface area (TPSA) is 40.8 Å². The number of aryl methyl sites for hydroxylation is 2. The van der Waals surface area contributed by atoms with Crippen LogP contribution in [0.2, 0.25) is 0 Å². The third kappa shape index (κ3) is 3.14. The fraction of sp³-hybridized carbons (Fsp3) is 0.353. The molecular weight excluding hydrogens is 265 g/mol. The van der Waals surface area contributed by atoms with Gasteiger partial charge in [0.15, 0.2) is 0 Å². The van der Waals surface area contributed by atoms with Crippen molar-refractivity contribution in [2.24, 2.45) is 7.05 Å². The quantitative estimate of drug-likeness (QED) is 0.936. The van der Waals surface area contributed by atoms with Crippen LogP contribution in [-0.4, -0.2) is 4.57 Å². The molecule has 0 saturated heterocycles. The van der Waals surface area contributed by atoms with Crippen molar-refractivity contribution in [1.82, 2.24) is 9.88 Å². The van der Waals surface area contributed by atoms with Gasteiger partial charge in [0.2, 0.25) is 0 Å². The highest BCUT2D eigenvalue weighted by atomic mass is 19.1. The molecule has 0 aliphatic rings. The molecule has 21 heavy (non-hydrogen) atoms. The molecule has 0 fully saturated rings. The van der Waals surface area contributed by atoms with Crippen LogP contribution in [0, 0.1) is 37.9 Å². The van der Waals surface area contributed by atoms with Crippen molar-refractivity contribution in [3.05, 3.63) is 57.7 Å². The van der Waals surface area contributed by atoms with Crippen LogP contribution in [0.5, 0.6) is 0 Å². The van der Waals surface area contributed by atoms with E-state index in [1.54, 1.807) is 13.8 Å². The summed E-state index contributed by atoms with van der Waals surface area (Å²) in [5.74, 6) is -0.128. The van der Waals surface area contributed by atoms with E-state index >= 15 is 0 Å². The van der Waals surface area contributed by atoms with Gasteiger partial charge in [-0.3, -0.25) is 0 Å². The molecule has 1 aromatic carbocycles. The van der Waals surface area contributed by atoms with E-state index in [2.05, 4.69) is 11.4 Å². The molecule has 1 aromatic heterocycles. The molecule has 0 bridgehead atoms. The van der Waals surface area contributed by atoms with E-state index < -0.39 is 0 Å². The van der Waals surface area contributed by atoms with E-state index in [0.717, 1.165) is 16.8 Å². The van der Waals surface area contributed by atoms with Gasteiger partial charge in [-0.2, -0.15) is 5.26 Å². The van der Waals surface area contributed by atoms with Crippen molar-refractivity contribution in [3.63, 3.8) is 0 Å². The minimum absolute atomic E-state index is 0.128. The first-order valence-corrected chi connectivity index (χ1v) is 6.95. The van der Waals surface area contributed by atoms with Crippen LogP contribution < -0.4 is 5.32 Å². The Morgan fingerprint density at radius 3 is 2.29 bits per heavy atom. The highest BCUT2D eigenvalue weighted by Crippen LogP contribution is 2.16. The van der Waals surface area contributed by atoms with Gasteiger partial charge in [-0.1, -0.05) is 12.1 Å². The maximum Gasteiger partial charge on any atom is 0.129 e. The fourth-order valence-corrected chi connectivity index (χ4v) is 2.53. The molecule has 0 atom stereocenters. The van der Waals surface area contributed by atoms with E-state index in [0.29, 0.717) is 29.9 Å². The van der Waals surface area contributed by atoms with Crippen molar-refractivity contribution < 1.29 is 4.39 Å². The van der Waals surface area contributed by atoms with Gasteiger partial charge in [0.1, 0.15) is 17.6 Å². The smallest absolute Gasteiger partial charge is 0.129 e. The number of benzene rings is 1. The third-order valence-corrected chi connectivity index (χ3v) is 3.90. The summed E-state index contributed by atoms with van der Waals surface area (Å²) < 4.78 is 15.5. The molecule has 0 spiro atoms. The Kier molecular flexibility index (Phi) is 4.44. The van der Waals surface area contributed by atoms with Gasteiger partial charge in [-0.05, 0) is 49.1 Å². The standard InChI is InChI=1S/C17H20FN3/c1-11-5-14(6-12(2)17(11)18)9-20-10-15-7-16(8-19)21(4)13(15)3/h5-7,20H,9-10H2,1-4H3. The zero-order valence-electron chi connectivity index (χ0n) is 12.9. The Morgan fingerprint density at radius 1 is 1.14 bits per heavy atom. The van der Waals surface area contributed by atoms with Gasteiger partial charge in [0, 0.05) is 25.8 Å². The summed E-state index contributed by atoms with van der Waals surface area (Å²) in [6.07, 6.45) is 0. The van der Waals surface area contributed by atoms with Crippen LogP contribution in [0.15, 0.2) is 18.2 Å². The van der Waals surface area contributed by atoms with Gasteiger partial charge in [-0.25, -0.2) is 4.39 Å². The SMILES string of the molecule is Cc1cc(CNCc2cc(C#N)n(C)c2C)cc(C)c1F. The second-order valence-electron chi connectivity index (χ2n) is 5.46. The lowest BCUT2D eigenvalue weighted by Crippen LogP contribution is -2.13. The first-order chi connectivity index (χ1) is 9.93. The molecule has 0 saturated carbocycles. The highest BCUT2D eigenvalue weighted by molar-refractivity contribution is 5.34. The molecule has 1 heterocycles. The predicted octanol–water partition coefficient (Wildman–Crippen LogP) is 3.25. The summed E-state index contributed by atoms with van der Waals surface area (Å²) in [5.41, 5.74) is 5.29. The van der Waals surface area contributed by atoms with Gasteiger partial charge in [0.25, 0.3) is 0 Å². The summed E-state index contributed by atoms with van der Waals surface area (Å²) in [4.78, 5) is 0. The molecule has 2 aromatic rings. The molecule has 0 amide bonds. The van der Waals surface area contributed by atoms with Gasteiger partial charge in [-0.15, -0.1) is 0 Å². The molecule has 0 radical (unpaired) electrons. The van der Waals surface area contributed by atoms with Crippen LogP contribution in [0.3, 0.4) is 0 Å². The Bertz CT molecular complexity index is 685. The van der Waals surface area contributed by atoms with Crippen LogP contribution in [0.1, 0.15) is 33.6 Å². The molecular formula is C17H20FN3. The Hall–Kier alpha value is -2.12. The van der Waals surface area contributed by atoms with E-state index in [-0.39, 0.29) is 5.82 Å². The van der Waals surface area contributed by atoms with Crippen LogP contribution in [-0.2, 0) is 20.1 Å². The molecule has 2 rings (SSSR count). The van der Waals surface area contributed by atoms with Crippen molar-refractivity contribution in [3.8, 4) is 6.07 Å². The molecule has 4 heteroatoms. The van der Waals surface area contributed by atoms with Gasteiger partial charge in [0.05, 0.1) is 0 Å². The zero-order chi connectivity index (χ0) is 15.6. The number of nitrogens with zero attached hydrogens (tertiary/aromatic N) is 2. The number of halogens is 1. The summed E-state index contributed by atoms with van der Waals surface area (Å²) in [5, 5.41) is 12.4. The monoisotopic (exact) mass is 285 g/mol. The predicted molar refractivity (Wildman–Crippen MR) is 81.3 cm³/mol. The Morgan fingerprint density at radius 2 is 1.76 bits per heavy atom. The van der Waals surface area contributed by atoms with Crippen molar-refractivity contribution in [1.29, 1.82) is 5.26 Å². The van der Waals surface area contributed by atoms with Crippen molar-refractivity contribution in [2.75, 3.05) is 0 Å². The van der Waals surface area contributed by atoms with Crippen LogP contribution in [0.4, 0.5) is 4.39 Å². The third-order valence-electron chi connectivity index (χ3n) is 3.90. The molecule has 1 N–H and O–H groups in total. The maximum atomic E-state index is 13.6.